The highest BCUT2D eigenvalue weighted by Crippen LogP contribution is 2.22. The molecule has 0 bridgehead atoms. The summed E-state index contributed by atoms with van der Waals surface area (Å²) >= 11 is 2.15. The van der Waals surface area contributed by atoms with Crippen LogP contribution in [0.3, 0.4) is 0 Å². The van der Waals surface area contributed by atoms with Gasteiger partial charge in [0, 0.05) is 18.3 Å². The zero-order valence-corrected chi connectivity index (χ0v) is 14.5. The van der Waals surface area contributed by atoms with Crippen LogP contribution in [-0.2, 0) is 13.2 Å². The molecule has 2 heterocycles. The molecule has 0 atom stereocenters. The Bertz CT molecular complexity index is 832. The van der Waals surface area contributed by atoms with Crippen molar-refractivity contribution in [2.24, 2.45) is 0 Å². The second-order valence-corrected chi connectivity index (χ2v) is 5.96. The first kappa shape index (κ1) is 15.2. The number of halogens is 2. The van der Waals surface area contributed by atoms with E-state index in [1.807, 2.05) is 30.5 Å². The van der Waals surface area contributed by atoms with Gasteiger partial charge in [-0.15, -0.1) is 0 Å². The highest BCUT2D eigenvalue weighted by molar-refractivity contribution is 14.1. The van der Waals surface area contributed by atoms with E-state index in [2.05, 4.69) is 32.6 Å². The molecule has 0 unspecified atom stereocenters. The van der Waals surface area contributed by atoms with Gasteiger partial charge in [0.25, 0.3) is 0 Å². The molecule has 0 N–H and O–H groups in total. The smallest absolute Gasteiger partial charge is 0.151 e. The minimum absolute atomic E-state index is 0.280. The van der Waals surface area contributed by atoms with Gasteiger partial charge in [-0.1, -0.05) is 0 Å². The third kappa shape index (κ3) is 2.92. The maximum atomic E-state index is 13.3. The molecule has 0 aliphatic rings. The van der Waals surface area contributed by atoms with Crippen molar-refractivity contribution in [2.45, 2.75) is 27.0 Å². The molecular weight excluding hydrogens is 396 g/mol. The van der Waals surface area contributed by atoms with Crippen molar-refractivity contribution in [3.8, 4) is 5.75 Å². The average molecular weight is 411 g/mol. The minimum atomic E-state index is -0.280. The maximum absolute atomic E-state index is 13.3. The summed E-state index contributed by atoms with van der Waals surface area (Å²) in [5, 5.41) is 0. The fraction of sp³-hybridized carbons (Fsp3) is 0.250. The second kappa shape index (κ2) is 6.20. The average Bonchev–Trinajstić information content (AvgIpc) is 2.82. The first-order chi connectivity index (χ1) is 10.6. The Morgan fingerprint density at radius 1 is 1.23 bits per heavy atom. The van der Waals surface area contributed by atoms with E-state index < -0.39 is 0 Å². The van der Waals surface area contributed by atoms with Crippen molar-refractivity contribution in [3.63, 3.8) is 0 Å². The number of fused-ring (bicyclic) bond motifs is 1. The summed E-state index contributed by atoms with van der Waals surface area (Å²) < 4.78 is 22.0. The minimum Gasteiger partial charge on any atom is -0.483 e. The lowest BCUT2D eigenvalue weighted by Gasteiger charge is -2.09. The van der Waals surface area contributed by atoms with Crippen molar-refractivity contribution >= 4 is 33.6 Å². The van der Waals surface area contributed by atoms with E-state index in [9.17, 15) is 4.39 Å². The summed E-state index contributed by atoms with van der Waals surface area (Å²) in [6, 6.07) is 8.47. The highest BCUT2D eigenvalue weighted by atomic mass is 127. The van der Waals surface area contributed by atoms with Crippen LogP contribution in [0.5, 0.6) is 5.75 Å². The molecule has 1 aromatic carbocycles. The summed E-state index contributed by atoms with van der Waals surface area (Å²) in [5.41, 5.74) is 2.52. The Morgan fingerprint density at radius 2 is 2.05 bits per heavy atom. The van der Waals surface area contributed by atoms with Crippen molar-refractivity contribution in [2.75, 3.05) is 0 Å². The Labute approximate surface area is 141 Å². The third-order valence-corrected chi connectivity index (χ3v) is 4.19. The SMILES string of the molecule is CCn1c(COc2ccc(C)nc2I)nc2cc(F)ccc21. The molecule has 4 nitrogen and oxygen atoms in total. The van der Waals surface area contributed by atoms with Crippen molar-refractivity contribution in [1.29, 1.82) is 0 Å². The van der Waals surface area contributed by atoms with Gasteiger partial charge in [-0.25, -0.2) is 14.4 Å². The lowest BCUT2D eigenvalue weighted by atomic mass is 10.3. The number of rotatable bonds is 4. The molecule has 114 valence electrons. The Balaban J connectivity index is 1.90. The van der Waals surface area contributed by atoms with Crippen LogP contribution in [0.2, 0.25) is 0 Å². The second-order valence-electron chi connectivity index (χ2n) is 4.94. The molecule has 0 saturated heterocycles. The number of benzene rings is 1. The standard InChI is InChI=1S/C16H15FIN3O/c1-3-21-13-6-5-11(17)8-12(13)20-15(21)9-22-14-7-4-10(2)19-16(14)18/h4-8H,3,9H2,1-2H3. The predicted molar refractivity (Wildman–Crippen MR) is 91.4 cm³/mol. The number of aromatic nitrogens is 3. The number of aryl methyl sites for hydroxylation is 2. The molecule has 3 aromatic rings. The lowest BCUT2D eigenvalue weighted by molar-refractivity contribution is 0.287. The van der Waals surface area contributed by atoms with Gasteiger partial charge in [0.05, 0.1) is 11.0 Å². The van der Waals surface area contributed by atoms with Crippen LogP contribution in [-0.4, -0.2) is 14.5 Å². The number of hydrogen-bond acceptors (Lipinski definition) is 3. The van der Waals surface area contributed by atoms with Gasteiger partial charge in [0.1, 0.15) is 21.9 Å². The van der Waals surface area contributed by atoms with Gasteiger partial charge in [-0.2, -0.15) is 0 Å². The predicted octanol–water partition coefficient (Wildman–Crippen LogP) is 4.08. The van der Waals surface area contributed by atoms with E-state index in [4.69, 9.17) is 4.74 Å². The summed E-state index contributed by atoms with van der Waals surface area (Å²) in [4.78, 5) is 8.85. The highest BCUT2D eigenvalue weighted by Gasteiger charge is 2.12. The lowest BCUT2D eigenvalue weighted by Crippen LogP contribution is -2.07. The van der Waals surface area contributed by atoms with Crippen molar-refractivity contribution in [1.82, 2.24) is 14.5 Å². The molecule has 0 spiro atoms. The van der Waals surface area contributed by atoms with E-state index in [1.165, 1.54) is 12.1 Å². The largest absolute Gasteiger partial charge is 0.483 e. The third-order valence-electron chi connectivity index (χ3n) is 3.42. The summed E-state index contributed by atoms with van der Waals surface area (Å²) in [6.07, 6.45) is 0. The normalized spacial score (nSPS) is 11.1. The summed E-state index contributed by atoms with van der Waals surface area (Å²) in [7, 11) is 0. The van der Waals surface area contributed by atoms with Crippen molar-refractivity contribution < 1.29 is 9.13 Å². The van der Waals surface area contributed by atoms with Gasteiger partial charge < -0.3 is 9.30 Å². The first-order valence-electron chi connectivity index (χ1n) is 6.99. The Morgan fingerprint density at radius 3 is 2.77 bits per heavy atom. The molecule has 0 fully saturated rings. The first-order valence-corrected chi connectivity index (χ1v) is 8.07. The summed E-state index contributed by atoms with van der Waals surface area (Å²) in [6.45, 7) is 5.05. The summed E-state index contributed by atoms with van der Waals surface area (Å²) in [5.74, 6) is 1.23. The molecular formula is C16H15FIN3O. The fourth-order valence-corrected chi connectivity index (χ4v) is 3.09. The van der Waals surface area contributed by atoms with E-state index in [0.29, 0.717) is 12.1 Å². The Hall–Kier alpha value is -1.70. The Kier molecular flexibility index (Phi) is 4.28. The van der Waals surface area contributed by atoms with Gasteiger partial charge >= 0.3 is 0 Å². The maximum Gasteiger partial charge on any atom is 0.151 e. The molecule has 3 rings (SSSR count). The zero-order valence-electron chi connectivity index (χ0n) is 12.3. The number of hydrogen-bond donors (Lipinski definition) is 0. The molecule has 0 radical (unpaired) electrons. The topological polar surface area (TPSA) is 39.9 Å². The molecule has 0 amide bonds. The van der Waals surface area contributed by atoms with Crippen molar-refractivity contribution in [3.05, 3.63) is 51.4 Å². The quantitative estimate of drug-likeness (QED) is 0.480. The molecule has 0 saturated carbocycles. The number of nitrogens with zero attached hydrogens (tertiary/aromatic N) is 3. The van der Waals surface area contributed by atoms with Gasteiger partial charge in [0.2, 0.25) is 0 Å². The number of pyridine rings is 1. The van der Waals surface area contributed by atoms with E-state index in [0.717, 1.165) is 33.0 Å². The van der Waals surface area contributed by atoms with Crippen LogP contribution in [0, 0.1) is 16.4 Å². The van der Waals surface area contributed by atoms with Gasteiger partial charge in [0.15, 0.2) is 5.75 Å². The van der Waals surface area contributed by atoms with Crippen LogP contribution >= 0.6 is 22.6 Å². The number of imidazole rings is 1. The molecule has 6 heteroatoms. The van der Waals surface area contributed by atoms with E-state index in [1.54, 1.807) is 6.07 Å². The fourth-order valence-electron chi connectivity index (χ4n) is 2.38. The molecule has 2 aromatic heterocycles. The van der Waals surface area contributed by atoms with Crippen LogP contribution in [0.4, 0.5) is 4.39 Å². The van der Waals surface area contributed by atoms with Crippen LogP contribution in [0.15, 0.2) is 30.3 Å². The monoisotopic (exact) mass is 411 g/mol. The molecule has 0 aliphatic carbocycles. The molecule has 0 aliphatic heterocycles. The molecule has 22 heavy (non-hydrogen) atoms. The van der Waals surface area contributed by atoms with E-state index >= 15 is 0 Å². The van der Waals surface area contributed by atoms with Crippen LogP contribution in [0.25, 0.3) is 11.0 Å². The number of ether oxygens (including phenoxy) is 1. The zero-order chi connectivity index (χ0) is 15.7. The van der Waals surface area contributed by atoms with Gasteiger partial charge in [-0.3, -0.25) is 0 Å². The van der Waals surface area contributed by atoms with Crippen LogP contribution < -0.4 is 4.74 Å². The van der Waals surface area contributed by atoms with Crippen LogP contribution in [0.1, 0.15) is 18.4 Å². The van der Waals surface area contributed by atoms with Gasteiger partial charge in [-0.05, 0) is 60.7 Å². The van der Waals surface area contributed by atoms with E-state index in [-0.39, 0.29) is 5.82 Å².